The fourth-order valence-corrected chi connectivity index (χ4v) is 1.98. The number of pyridine rings is 1. The zero-order valence-corrected chi connectivity index (χ0v) is 12.4. The van der Waals surface area contributed by atoms with E-state index in [1.807, 2.05) is 36.4 Å². The van der Waals surface area contributed by atoms with Gasteiger partial charge in [-0.3, -0.25) is 10.1 Å². The number of aromatic nitrogens is 4. The van der Waals surface area contributed by atoms with E-state index in [9.17, 15) is 0 Å². The van der Waals surface area contributed by atoms with Crippen LogP contribution in [0.2, 0.25) is 0 Å². The maximum absolute atomic E-state index is 8.69. The van der Waals surface area contributed by atoms with Crippen molar-refractivity contribution in [3.8, 4) is 34.9 Å². The highest BCUT2D eigenvalue weighted by atomic mass is 15.2. The molecule has 0 unspecified atom stereocenters. The molecule has 0 amide bonds. The number of anilines is 1. The van der Waals surface area contributed by atoms with Gasteiger partial charge >= 0.3 is 0 Å². The highest BCUT2D eigenvalue weighted by Crippen LogP contribution is 2.21. The van der Waals surface area contributed by atoms with Gasteiger partial charge in [-0.1, -0.05) is 0 Å². The number of aromatic amines is 1. The molecule has 0 atom stereocenters. The van der Waals surface area contributed by atoms with Crippen molar-refractivity contribution in [2.24, 2.45) is 0 Å². The molecule has 1 aromatic carbocycles. The normalized spacial score (nSPS) is 9.58. The summed E-state index contributed by atoms with van der Waals surface area (Å²) in [5.74, 6) is 1.22. The molecular formula is C17H11N7. The first-order valence-corrected chi connectivity index (χ1v) is 7.00. The molecule has 0 aliphatic heterocycles. The molecule has 3 rings (SSSR count). The van der Waals surface area contributed by atoms with Crippen LogP contribution in [-0.2, 0) is 0 Å². The van der Waals surface area contributed by atoms with Gasteiger partial charge in [-0.2, -0.15) is 15.6 Å². The molecule has 2 aromatic heterocycles. The topological polar surface area (TPSA) is 114 Å². The van der Waals surface area contributed by atoms with Crippen LogP contribution in [0.3, 0.4) is 0 Å². The molecule has 0 fully saturated rings. The van der Waals surface area contributed by atoms with E-state index in [0.717, 1.165) is 16.8 Å². The standard InChI is InChI=1S/C17H11N7/c18-8-12(9-19)10-21-15-5-3-13(4-6-15)16-22-17(24-23-16)14-2-1-7-20-11-14/h1-7,10-11,21H,(H,22,23,24). The molecule has 114 valence electrons. The van der Waals surface area contributed by atoms with E-state index in [4.69, 9.17) is 10.5 Å². The molecule has 0 bridgehead atoms. The smallest absolute Gasteiger partial charge is 0.183 e. The number of rotatable bonds is 4. The zero-order valence-electron chi connectivity index (χ0n) is 12.4. The maximum Gasteiger partial charge on any atom is 0.183 e. The van der Waals surface area contributed by atoms with Gasteiger partial charge in [0.1, 0.15) is 17.7 Å². The molecule has 0 radical (unpaired) electrons. The molecule has 2 N–H and O–H groups in total. The summed E-state index contributed by atoms with van der Waals surface area (Å²) < 4.78 is 0. The van der Waals surface area contributed by atoms with Crippen molar-refractivity contribution in [3.05, 3.63) is 60.6 Å². The van der Waals surface area contributed by atoms with Gasteiger partial charge in [-0.15, -0.1) is 0 Å². The van der Waals surface area contributed by atoms with Crippen LogP contribution >= 0.6 is 0 Å². The Kier molecular flexibility index (Phi) is 4.27. The van der Waals surface area contributed by atoms with Crippen LogP contribution in [0.1, 0.15) is 0 Å². The maximum atomic E-state index is 8.69. The summed E-state index contributed by atoms with van der Waals surface area (Å²) in [5, 5.41) is 27.4. The minimum atomic E-state index is 0.00965. The highest BCUT2D eigenvalue weighted by Gasteiger charge is 2.07. The second-order valence-corrected chi connectivity index (χ2v) is 4.75. The minimum Gasteiger partial charge on any atom is -0.360 e. The first-order valence-electron chi connectivity index (χ1n) is 7.00. The number of H-pyrrole nitrogens is 1. The van der Waals surface area contributed by atoms with Crippen molar-refractivity contribution < 1.29 is 0 Å². The van der Waals surface area contributed by atoms with Gasteiger partial charge in [0, 0.05) is 35.4 Å². The van der Waals surface area contributed by atoms with Gasteiger partial charge in [0.2, 0.25) is 0 Å². The van der Waals surface area contributed by atoms with E-state index in [2.05, 4.69) is 25.5 Å². The van der Waals surface area contributed by atoms with Gasteiger partial charge in [-0.05, 0) is 36.4 Å². The molecule has 2 heterocycles. The summed E-state index contributed by atoms with van der Waals surface area (Å²) in [6, 6.07) is 14.7. The molecule has 3 aromatic rings. The summed E-state index contributed by atoms with van der Waals surface area (Å²) in [6.07, 6.45) is 4.76. The Labute approximate surface area is 137 Å². The van der Waals surface area contributed by atoms with Crippen LogP contribution in [0.4, 0.5) is 5.69 Å². The minimum absolute atomic E-state index is 0.00965. The van der Waals surface area contributed by atoms with Gasteiger partial charge in [0.25, 0.3) is 0 Å². The predicted molar refractivity (Wildman–Crippen MR) is 88.0 cm³/mol. The third-order valence-corrected chi connectivity index (χ3v) is 3.19. The van der Waals surface area contributed by atoms with Crippen LogP contribution in [0.15, 0.2) is 60.6 Å². The van der Waals surface area contributed by atoms with Gasteiger partial charge in [-0.25, -0.2) is 4.98 Å². The number of benzene rings is 1. The highest BCUT2D eigenvalue weighted by molar-refractivity contribution is 5.63. The van der Waals surface area contributed by atoms with Crippen molar-refractivity contribution >= 4 is 5.69 Å². The summed E-state index contributed by atoms with van der Waals surface area (Å²) in [5.41, 5.74) is 2.47. The molecule has 0 aliphatic carbocycles. The van der Waals surface area contributed by atoms with E-state index in [1.165, 1.54) is 6.20 Å². The molecular weight excluding hydrogens is 302 g/mol. The van der Waals surface area contributed by atoms with Crippen LogP contribution in [0, 0.1) is 22.7 Å². The average Bonchev–Trinajstić information content (AvgIpc) is 3.14. The van der Waals surface area contributed by atoms with Crippen molar-refractivity contribution in [1.29, 1.82) is 10.5 Å². The second kappa shape index (κ2) is 6.86. The number of hydrogen-bond acceptors (Lipinski definition) is 6. The van der Waals surface area contributed by atoms with Crippen LogP contribution < -0.4 is 5.32 Å². The number of nitrogens with one attached hydrogen (secondary N) is 2. The van der Waals surface area contributed by atoms with Crippen molar-refractivity contribution in [3.63, 3.8) is 0 Å². The fourth-order valence-electron chi connectivity index (χ4n) is 1.98. The van der Waals surface area contributed by atoms with Crippen molar-refractivity contribution in [2.45, 2.75) is 0 Å². The first-order chi connectivity index (χ1) is 11.8. The largest absolute Gasteiger partial charge is 0.360 e. The lowest BCUT2D eigenvalue weighted by molar-refractivity contribution is 1.10. The Morgan fingerprint density at radius 1 is 1.08 bits per heavy atom. The lowest BCUT2D eigenvalue weighted by Crippen LogP contribution is -1.90. The number of hydrogen-bond donors (Lipinski definition) is 2. The lowest BCUT2D eigenvalue weighted by atomic mass is 10.2. The Hall–Kier alpha value is -3.97. The monoisotopic (exact) mass is 313 g/mol. The van der Waals surface area contributed by atoms with Crippen LogP contribution in [0.25, 0.3) is 22.8 Å². The quantitative estimate of drug-likeness (QED) is 0.716. The Bertz CT molecular complexity index is 925. The van der Waals surface area contributed by atoms with Gasteiger partial charge in [0.05, 0.1) is 0 Å². The zero-order chi connectivity index (χ0) is 16.8. The van der Waals surface area contributed by atoms with Gasteiger partial charge in [0.15, 0.2) is 11.6 Å². The summed E-state index contributed by atoms with van der Waals surface area (Å²) in [4.78, 5) is 8.51. The number of nitriles is 2. The van der Waals surface area contributed by atoms with E-state index >= 15 is 0 Å². The predicted octanol–water partition coefficient (Wildman–Crippen LogP) is 2.88. The van der Waals surface area contributed by atoms with Crippen molar-refractivity contribution in [2.75, 3.05) is 5.32 Å². The SMILES string of the molecule is N#CC(C#N)=CNc1ccc(-c2nc(-c3cccnc3)n[nH]2)cc1. The van der Waals surface area contributed by atoms with Crippen LogP contribution in [0.5, 0.6) is 0 Å². The van der Waals surface area contributed by atoms with Crippen molar-refractivity contribution in [1.82, 2.24) is 20.2 Å². The average molecular weight is 313 g/mol. The summed E-state index contributed by atoms with van der Waals surface area (Å²) in [6.45, 7) is 0. The van der Waals surface area contributed by atoms with E-state index in [1.54, 1.807) is 24.5 Å². The third-order valence-electron chi connectivity index (χ3n) is 3.19. The molecule has 0 spiro atoms. The summed E-state index contributed by atoms with van der Waals surface area (Å²) in [7, 11) is 0. The Morgan fingerprint density at radius 3 is 2.54 bits per heavy atom. The molecule has 0 saturated carbocycles. The molecule has 24 heavy (non-hydrogen) atoms. The Balaban J connectivity index is 1.77. The third kappa shape index (κ3) is 3.26. The van der Waals surface area contributed by atoms with Crippen LogP contribution in [-0.4, -0.2) is 20.2 Å². The van der Waals surface area contributed by atoms with E-state index in [-0.39, 0.29) is 5.57 Å². The molecule has 0 saturated heterocycles. The molecule has 0 aliphatic rings. The summed E-state index contributed by atoms with van der Waals surface area (Å²) >= 11 is 0. The first kappa shape index (κ1) is 14.9. The molecule has 7 nitrogen and oxygen atoms in total. The molecule has 7 heteroatoms. The Morgan fingerprint density at radius 2 is 1.88 bits per heavy atom. The van der Waals surface area contributed by atoms with E-state index in [0.29, 0.717) is 11.6 Å². The van der Waals surface area contributed by atoms with Gasteiger partial charge < -0.3 is 5.32 Å². The number of nitrogens with zero attached hydrogens (tertiary/aromatic N) is 5. The fraction of sp³-hybridized carbons (Fsp3) is 0. The van der Waals surface area contributed by atoms with E-state index < -0.39 is 0 Å². The second-order valence-electron chi connectivity index (χ2n) is 4.75. The number of allylic oxidation sites excluding steroid dienone is 1. The lowest BCUT2D eigenvalue weighted by Gasteiger charge is -2.01.